The average molecular weight is 280 g/mol. The van der Waals surface area contributed by atoms with Gasteiger partial charge in [0.25, 0.3) is 0 Å². The van der Waals surface area contributed by atoms with Crippen molar-refractivity contribution in [1.29, 1.82) is 0 Å². The van der Waals surface area contributed by atoms with Crippen molar-refractivity contribution in [3.05, 3.63) is 71.0 Å². The van der Waals surface area contributed by atoms with Crippen LogP contribution in [0.2, 0.25) is 0 Å². The van der Waals surface area contributed by atoms with Crippen LogP contribution in [0.3, 0.4) is 0 Å². The Hall–Kier alpha value is -2.06. The van der Waals surface area contributed by atoms with E-state index >= 15 is 0 Å². The number of hydrogen-bond acceptors (Lipinski definition) is 2. The molecule has 0 aliphatic heterocycles. The SMILES string of the molecule is CCCc1cccc(C(O)c2cc3cc(C)ccc3o2)c1. The molecule has 3 rings (SSSR count). The summed E-state index contributed by atoms with van der Waals surface area (Å²) < 4.78 is 5.79. The summed E-state index contributed by atoms with van der Waals surface area (Å²) in [6, 6.07) is 16.1. The van der Waals surface area contributed by atoms with E-state index in [9.17, 15) is 5.11 Å². The molecule has 1 unspecified atom stereocenters. The van der Waals surface area contributed by atoms with Gasteiger partial charge in [-0.15, -0.1) is 0 Å². The van der Waals surface area contributed by atoms with Gasteiger partial charge in [0.2, 0.25) is 0 Å². The highest BCUT2D eigenvalue weighted by Gasteiger charge is 2.16. The summed E-state index contributed by atoms with van der Waals surface area (Å²) in [4.78, 5) is 0. The number of fused-ring (bicyclic) bond motifs is 1. The molecule has 0 radical (unpaired) electrons. The summed E-state index contributed by atoms with van der Waals surface area (Å²) in [6.45, 7) is 4.21. The Labute approximate surface area is 125 Å². The largest absolute Gasteiger partial charge is 0.458 e. The molecule has 0 fully saturated rings. The molecule has 0 spiro atoms. The Morgan fingerprint density at radius 3 is 2.76 bits per heavy atom. The number of benzene rings is 2. The first kappa shape index (κ1) is 13.9. The zero-order valence-corrected chi connectivity index (χ0v) is 12.5. The van der Waals surface area contributed by atoms with Crippen LogP contribution in [0.1, 0.15) is 41.9 Å². The number of furan rings is 1. The van der Waals surface area contributed by atoms with E-state index < -0.39 is 6.10 Å². The van der Waals surface area contributed by atoms with Crippen LogP contribution in [0.15, 0.2) is 52.9 Å². The zero-order valence-electron chi connectivity index (χ0n) is 12.5. The maximum absolute atomic E-state index is 10.6. The van der Waals surface area contributed by atoms with Crippen molar-refractivity contribution in [3.8, 4) is 0 Å². The number of aryl methyl sites for hydroxylation is 2. The summed E-state index contributed by atoms with van der Waals surface area (Å²) in [5, 5.41) is 11.6. The fraction of sp³-hybridized carbons (Fsp3) is 0.263. The third kappa shape index (κ3) is 2.86. The number of rotatable bonds is 4. The number of hydrogen-bond donors (Lipinski definition) is 1. The molecule has 2 nitrogen and oxygen atoms in total. The van der Waals surface area contributed by atoms with E-state index in [0.717, 1.165) is 29.4 Å². The van der Waals surface area contributed by atoms with Gasteiger partial charge in [-0.3, -0.25) is 0 Å². The van der Waals surface area contributed by atoms with Crippen molar-refractivity contribution in [3.63, 3.8) is 0 Å². The summed E-state index contributed by atoms with van der Waals surface area (Å²) >= 11 is 0. The third-order valence-corrected chi connectivity index (χ3v) is 3.77. The van der Waals surface area contributed by atoms with Crippen molar-refractivity contribution < 1.29 is 9.52 Å². The van der Waals surface area contributed by atoms with Gasteiger partial charge in [-0.1, -0.05) is 49.2 Å². The van der Waals surface area contributed by atoms with Crippen molar-refractivity contribution >= 4 is 11.0 Å². The smallest absolute Gasteiger partial charge is 0.138 e. The Bertz CT molecular complexity index is 755. The molecule has 108 valence electrons. The van der Waals surface area contributed by atoms with E-state index in [1.165, 1.54) is 11.1 Å². The Morgan fingerprint density at radius 1 is 1.10 bits per heavy atom. The van der Waals surface area contributed by atoms with E-state index in [-0.39, 0.29) is 0 Å². The van der Waals surface area contributed by atoms with Crippen LogP contribution in [0.4, 0.5) is 0 Å². The Morgan fingerprint density at radius 2 is 1.95 bits per heavy atom. The summed E-state index contributed by atoms with van der Waals surface area (Å²) in [7, 11) is 0. The second-order valence-electron chi connectivity index (χ2n) is 5.59. The molecule has 0 bridgehead atoms. The van der Waals surface area contributed by atoms with Gasteiger partial charge in [0.05, 0.1) is 0 Å². The van der Waals surface area contributed by atoms with Crippen LogP contribution >= 0.6 is 0 Å². The van der Waals surface area contributed by atoms with Crippen molar-refractivity contribution in [1.82, 2.24) is 0 Å². The molecule has 1 N–H and O–H groups in total. The quantitative estimate of drug-likeness (QED) is 0.746. The minimum Gasteiger partial charge on any atom is -0.458 e. The molecule has 1 heterocycles. The molecule has 1 atom stereocenters. The van der Waals surface area contributed by atoms with Crippen molar-refractivity contribution in [2.24, 2.45) is 0 Å². The van der Waals surface area contributed by atoms with Gasteiger partial charge in [0.15, 0.2) is 0 Å². The van der Waals surface area contributed by atoms with Gasteiger partial charge in [-0.25, -0.2) is 0 Å². The second-order valence-corrected chi connectivity index (χ2v) is 5.59. The topological polar surface area (TPSA) is 33.4 Å². The summed E-state index contributed by atoms with van der Waals surface area (Å²) in [5.74, 6) is 0.601. The van der Waals surface area contributed by atoms with Crippen LogP contribution in [-0.4, -0.2) is 5.11 Å². The monoisotopic (exact) mass is 280 g/mol. The van der Waals surface area contributed by atoms with Crippen LogP contribution < -0.4 is 0 Å². The first-order valence-electron chi connectivity index (χ1n) is 7.44. The minimum atomic E-state index is -0.713. The van der Waals surface area contributed by atoms with Crippen molar-refractivity contribution in [2.75, 3.05) is 0 Å². The first-order chi connectivity index (χ1) is 10.2. The van der Waals surface area contributed by atoms with Gasteiger partial charge in [-0.2, -0.15) is 0 Å². The van der Waals surface area contributed by atoms with Crippen LogP contribution in [0.5, 0.6) is 0 Å². The van der Waals surface area contributed by atoms with E-state index in [1.54, 1.807) is 0 Å². The normalized spacial score (nSPS) is 12.7. The zero-order chi connectivity index (χ0) is 14.8. The standard InChI is InChI=1S/C19H20O2/c1-3-5-14-6-4-7-15(11-14)19(20)18-12-16-10-13(2)8-9-17(16)21-18/h4,6-12,19-20H,3,5H2,1-2H3. The molecule has 0 saturated heterocycles. The van der Waals surface area contributed by atoms with Crippen LogP contribution in [0.25, 0.3) is 11.0 Å². The highest BCUT2D eigenvalue weighted by atomic mass is 16.4. The maximum atomic E-state index is 10.6. The predicted molar refractivity (Wildman–Crippen MR) is 85.4 cm³/mol. The molecular formula is C19H20O2. The highest BCUT2D eigenvalue weighted by Crippen LogP contribution is 2.29. The Balaban J connectivity index is 1.95. The van der Waals surface area contributed by atoms with E-state index in [4.69, 9.17) is 4.42 Å². The molecule has 21 heavy (non-hydrogen) atoms. The summed E-state index contributed by atoms with van der Waals surface area (Å²) in [5.41, 5.74) is 4.14. The lowest BCUT2D eigenvalue weighted by Crippen LogP contribution is -1.98. The first-order valence-corrected chi connectivity index (χ1v) is 7.44. The van der Waals surface area contributed by atoms with Gasteiger partial charge in [0, 0.05) is 5.39 Å². The predicted octanol–water partition coefficient (Wildman–Crippen LogP) is 4.78. The molecule has 3 aromatic rings. The molecule has 0 aliphatic rings. The minimum absolute atomic E-state index is 0.601. The van der Waals surface area contributed by atoms with Crippen LogP contribution in [-0.2, 0) is 6.42 Å². The Kier molecular flexibility index (Phi) is 3.80. The van der Waals surface area contributed by atoms with Gasteiger partial charge in [0.1, 0.15) is 17.4 Å². The highest BCUT2D eigenvalue weighted by molar-refractivity contribution is 5.78. The molecular weight excluding hydrogens is 260 g/mol. The molecule has 2 heteroatoms. The fourth-order valence-corrected chi connectivity index (χ4v) is 2.69. The van der Waals surface area contributed by atoms with Gasteiger partial charge in [-0.05, 0) is 42.7 Å². The molecule has 0 aliphatic carbocycles. The van der Waals surface area contributed by atoms with Gasteiger partial charge >= 0.3 is 0 Å². The number of aliphatic hydroxyl groups excluding tert-OH is 1. The van der Waals surface area contributed by atoms with Crippen molar-refractivity contribution in [2.45, 2.75) is 32.8 Å². The lowest BCUT2D eigenvalue weighted by molar-refractivity contribution is 0.192. The van der Waals surface area contributed by atoms with E-state index in [2.05, 4.69) is 32.0 Å². The van der Waals surface area contributed by atoms with Crippen LogP contribution in [0, 0.1) is 6.92 Å². The second kappa shape index (κ2) is 5.74. The van der Waals surface area contributed by atoms with Gasteiger partial charge < -0.3 is 9.52 Å². The fourth-order valence-electron chi connectivity index (χ4n) is 2.69. The molecule has 1 aromatic heterocycles. The molecule has 0 saturated carbocycles. The summed E-state index contributed by atoms with van der Waals surface area (Å²) in [6.07, 6.45) is 1.41. The third-order valence-electron chi connectivity index (χ3n) is 3.77. The maximum Gasteiger partial charge on any atom is 0.138 e. The molecule has 2 aromatic carbocycles. The average Bonchev–Trinajstić information content (AvgIpc) is 2.90. The van der Waals surface area contributed by atoms with E-state index in [1.807, 2.05) is 30.3 Å². The van der Waals surface area contributed by atoms with E-state index in [0.29, 0.717) is 5.76 Å². The number of aliphatic hydroxyl groups is 1. The lowest BCUT2D eigenvalue weighted by Gasteiger charge is -2.09. The lowest BCUT2D eigenvalue weighted by atomic mass is 10.0. The molecule has 0 amide bonds.